The van der Waals surface area contributed by atoms with Gasteiger partial charge in [0.25, 0.3) is 0 Å². The second kappa shape index (κ2) is 7.47. The third kappa shape index (κ3) is 3.80. The van der Waals surface area contributed by atoms with Crippen molar-refractivity contribution in [2.45, 2.75) is 69.9 Å². The number of aromatic nitrogens is 1. The zero-order valence-corrected chi connectivity index (χ0v) is 17.6. The summed E-state index contributed by atoms with van der Waals surface area (Å²) in [7, 11) is -3.95. The Bertz CT molecular complexity index is 851. The summed E-state index contributed by atoms with van der Waals surface area (Å²) in [6.45, 7) is 6.62. The van der Waals surface area contributed by atoms with E-state index in [2.05, 4.69) is 15.8 Å². The normalized spacial score (nSPS) is 23.0. The SMILES string of the molecule is Cc1noc(C)c1S(=O)(=O)N1CC(NC(=O)C(C)C)C(=O)NC2(CCCC2)C1. The molecule has 10 heteroatoms. The van der Waals surface area contributed by atoms with Crippen molar-refractivity contribution in [3.63, 3.8) is 0 Å². The van der Waals surface area contributed by atoms with Crippen LogP contribution in [0.5, 0.6) is 0 Å². The van der Waals surface area contributed by atoms with Gasteiger partial charge in [0.05, 0.1) is 5.54 Å². The number of carbonyl (C=O) groups is 2. The van der Waals surface area contributed by atoms with Crippen LogP contribution in [0.25, 0.3) is 0 Å². The molecule has 1 saturated heterocycles. The van der Waals surface area contributed by atoms with Crippen LogP contribution in [0.15, 0.2) is 9.42 Å². The Morgan fingerprint density at radius 2 is 1.96 bits per heavy atom. The molecule has 156 valence electrons. The zero-order chi connectivity index (χ0) is 20.7. The molecule has 28 heavy (non-hydrogen) atoms. The molecule has 9 nitrogen and oxygen atoms in total. The molecule has 0 bridgehead atoms. The van der Waals surface area contributed by atoms with E-state index in [1.807, 2.05) is 0 Å². The molecule has 2 fully saturated rings. The van der Waals surface area contributed by atoms with Crippen molar-refractivity contribution in [3.05, 3.63) is 11.5 Å². The highest BCUT2D eigenvalue weighted by atomic mass is 32.2. The van der Waals surface area contributed by atoms with Crippen molar-refractivity contribution in [2.24, 2.45) is 5.92 Å². The fourth-order valence-corrected chi connectivity index (χ4v) is 5.85. The minimum Gasteiger partial charge on any atom is -0.360 e. The molecule has 3 rings (SSSR count). The van der Waals surface area contributed by atoms with Crippen LogP contribution in [-0.2, 0) is 19.6 Å². The first-order valence-corrected chi connectivity index (χ1v) is 11.1. The van der Waals surface area contributed by atoms with Gasteiger partial charge in [-0.1, -0.05) is 31.8 Å². The monoisotopic (exact) mass is 412 g/mol. The second-order valence-electron chi connectivity index (χ2n) is 8.14. The first kappa shape index (κ1) is 20.8. The lowest BCUT2D eigenvalue weighted by atomic mass is 9.98. The lowest BCUT2D eigenvalue weighted by molar-refractivity contribution is -0.131. The summed E-state index contributed by atoms with van der Waals surface area (Å²) >= 11 is 0. The number of rotatable bonds is 4. The maximum atomic E-state index is 13.4. The molecule has 2 N–H and O–H groups in total. The minimum atomic E-state index is -3.95. The third-order valence-corrected chi connectivity index (χ3v) is 7.59. The average Bonchev–Trinajstić information content (AvgIpc) is 3.15. The average molecular weight is 413 g/mol. The smallest absolute Gasteiger partial charge is 0.248 e. The van der Waals surface area contributed by atoms with Gasteiger partial charge < -0.3 is 15.2 Å². The van der Waals surface area contributed by atoms with E-state index in [0.29, 0.717) is 12.8 Å². The number of nitrogens with zero attached hydrogens (tertiary/aromatic N) is 2. The molecule has 0 radical (unpaired) electrons. The van der Waals surface area contributed by atoms with Gasteiger partial charge in [0.1, 0.15) is 16.6 Å². The largest absolute Gasteiger partial charge is 0.360 e. The van der Waals surface area contributed by atoms with Gasteiger partial charge in [-0.15, -0.1) is 0 Å². The topological polar surface area (TPSA) is 122 Å². The Morgan fingerprint density at radius 3 is 2.50 bits per heavy atom. The molecule has 1 aromatic rings. The van der Waals surface area contributed by atoms with Crippen LogP contribution in [-0.4, -0.2) is 54.4 Å². The summed E-state index contributed by atoms with van der Waals surface area (Å²) in [4.78, 5) is 25.1. The van der Waals surface area contributed by atoms with Crippen LogP contribution >= 0.6 is 0 Å². The molecule has 2 amide bonds. The number of hydrogen-bond acceptors (Lipinski definition) is 6. The van der Waals surface area contributed by atoms with Crippen LogP contribution in [0.3, 0.4) is 0 Å². The number of sulfonamides is 1. The van der Waals surface area contributed by atoms with Gasteiger partial charge in [-0.2, -0.15) is 4.31 Å². The standard InChI is InChI=1S/C18H28N4O5S/c1-11(2)16(23)19-14-9-22(10-18(20-17(14)24)7-5-6-8-18)28(25,26)15-12(3)21-27-13(15)4/h11,14H,5-10H2,1-4H3,(H,19,23)(H,20,24). The fraction of sp³-hybridized carbons (Fsp3) is 0.722. The number of carbonyl (C=O) groups excluding carboxylic acids is 2. The molecule has 1 aliphatic carbocycles. The predicted molar refractivity (Wildman–Crippen MR) is 101 cm³/mol. The lowest BCUT2D eigenvalue weighted by Gasteiger charge is -2.32. The van der Waals surface area contributed by atoms with Gasteiger partial charge in [-0.3, -0.25) is 9.59 Å². The summed E-state index contributed by atoms with van der Waals surface area (Å²) in [6, 6.07) is -0.954. The first-order chi connectivity index (χ1) is 13.1. The highest BCUT2D eigenvalue weighted by Gasteiger charge is 2.46. The Labute approximate surface area is 165 Å². The lowest BCUT2D eigenvalue weighted by Crippen LogP contribution is -2.54. The molecule has 2 aliphatic rings. The Balaban J connectivity index is 1.99. The van der Waals surface area contributed by atoms with Gasteiger partial charge in [0.15, 0.2) is 5.76 Å². The van der Waals surface area contributed by atoms with E-state index in [1.165, 1.54) is 4.31 Å². The molecule has 1 unspecified atom stereocenters. The van der Waals surface area contributed by atoms with Gasteiger partial charge in [-0.05, 0) is 26.7 Å². The molecule has 2 heterocycles. The predicted octanol–water partition coefficient (Wildman–Crippen LogP) is 0.866. The molecule has 1 spiro atoms. The molecule has 1 aromatic heterocycles. The van der Waals surface area contributed by atoms with Crippen LogP contribution in [0, 0.1) is 19.8 Å². The highest BCUT2D eigenvalue weighted by Crippen LogP contribution is 2.34. The molecular weight excluding hydrogens is 384 g/mol. The molecule has 0 aromatic carbocycles. The van der Waals surface area contributed by atoms with Gasteiger partial charge in [-0.25, -0.2) is 8.42 Å². The molecule has 1 aliphatic heterocycles. The Morgan fingerprint density at radius 1 is 1.32 bits per heavy atom. The van der Waals surface area contributed by atoms with Crippen LogP contribution in [0.1, 0.15) is 51.0 Å². The number of amides is 2. The number of nitrogens with one attached hydrogen (secondary N) is 2. The fourth-order valence-electron chi connectivity index (χ4n) is 4.02. The maximum Gasteiger partial charge on any atom is 0.248 e. The highest BCUT2D eigenvalue weighted by molar-refractivity contribution is 7.89. The molecule has 1 atom stereocenters. The van der Waals surface area contributed by atoms with E-state index in [1.54, 1.807) is 27.7 Å². The number of aryl methyl sites for hydroxylation is 2. The minimum absolute atomic E-state index is 0.0314. The van der Waals surface area contributed by atoms with Crippen LogP contribution in [0.2, 0.25) is 0 Å². The van der Waals surface area contributed by atoms with Crippen molar-refractivity contribution in [2.75, 3.05) is 13.1 Å². The first-order valence-electron chi connectivity index (χ1n) is 9.61. The summed E-state index contributed by atoms with van der Waals surface area (Å²) in [5, 5.41) is 9.48. The van der Waals surface area contributed by atoms with E-state index < -0.39 is 21.6 Å². The van der Waals surface area contributed by atoms with Crippen LogP contribution in [0.4, 0.5) is 0 Å². The van der Waals surface area contributed by atoms with Gasteiger partial charge in [0, 0.05) is 19.0 Å². The van der Waals surface area contributed by atoms with Gasteiger partial charge >= 0.3 is 0 Å². The molecule has 1 saturated carbocycles. The van der Waals surface area contributed by atoms with Crippen molar-refractivity contribution >= 4 is 21.8 Å². The van der Waals surface area contributed by atoms with E-state index in [9.17, 15) is 18.0 Å². The summed E-state index contributed by atoms with van der Waals surface area (Å²) in [5.74, 6) is -0.738. The third-order valence-electron chi connectivity index (χ3n) is 5.54. The van der Waals surface area contributed by atoms with E-state index in [-0.39, 0.29) is 47.2 Å². The summed E-state index contributed by atoms with van der Waals surface area (Å²) in [6.07, 6.45) is 3.25. The van der Waals surface area contributed by atoms with Crippen LogP contribution < -0.4 is 10.6 Å². The number of hydrogen-bond donors (Lipinski definition) is 2. The van der Waals surface area contributed by atoms with Crippen molar-refractivity contribution < 1.29 is 22.5 Å². The summed E-state index contributed by atoms with van der Waals surface area (Å²) in [5.41, 5.74) is -0.329. The van der Waals surface area contributed by atoms with E-state index in [4.69, 9.17) is 4.52 Å². The van der Waals surface area contributed by atoms with E-state index in [0.717, 1.165) is 12.8 Å². The van der Waals surface area contributed by atoms with Crippen molar-refractivity contribution in [1.29, 1.82) is 0 Å². The zero-order valence-electron chi connectivity index (χ0n) is 16.7. The Kier molecular flexibility index (Phi) is 5.55. The van der Waals surface area contributed by atoms with Gasteiger partial charge in [0.2, 0.25) is 21.8 Å². The Hall–Kier alpha value is -1.94. The summed E-state index contributed by atoms with van der Waals surface area (Å²) < 4.78 is 33.2. The van der Waals surface area contributed by atoms with Crippen molar-refractivity contribution in [1.82, 2.24) is 20.1 Å². The quantitative estimate of drug-likeness (QED) is 0.757. The molecular formula is C18H28N4O5S. The van der Waals surface area contributed by atoms with Crippen molar-refractivity contribution in [3.8, 4) is 0 Å². The maximum absolute atomic E-state index is 13.4. The second-order valence-corrected chi connectivity index (χ2v) is 10.0. The van der Waals surface area contributed by atoms with E-state index >= 15 is 0 Å².